The van der Waals surface area contributed by atoms with Gasteiger partial charge in [0.15, 0.2) is 0 Å². The Bertz CT molecular complexity index is 359. The van der Waals surface area contributed by atoms with Crippen molar-refractivity contribution in [3.05, 3.63) is 23.8 Å². The first kappa shape index (κ1) is 12.2. The summed E-state index contributed by atoms with van der Waals surface area (Å²) in [5.74, 6) is 0.957. The van der Waals surface area contributed by atoms with Crippen LogP contribution < -0.4 is 10.1 Å². The SMILES string of the molecule is CCCOc1cc(C)ccc1NC1CCOC1. The van der Waals surface area contributed by atoms with Crippen LogP contribution in [0.5, 0.6) is 5.75 Å². The van der Waals surface area contributed by atoms with Crippen molar-refractivity contribution in [3.8, 4) is 5.75 Å². The summed E-state index contributed by atoms with van der Waals surface area (Å²) in [6, 6.07) is 6.71. The second-order valence-electron chi connectivity index (χ2n) is 4.55. The third kappa shape index (κ3) is 3.37. The third-order valence-electron chi connectivity index (χ3n) is 2.89. The second-order valence-corrected chi connectivity index (χ2v) is 4.55. The lowest BCUT2D eigenvalue weighted by atomic mass is 10.2. The van der Waals surface area contributed by atoms with Gasteiger partial charge in [0.2, 0.25) is 0 Å². The number of benzene rings is 1. The quantitative estimate of drug-likeness (QED) is 0.851. The Hall–Kier alpha value is -1.22. The molecule has 0 bridgehead atoms. The van der Waals surface area contributed by atoms with E-state index in [2.05, 4.69) is 37.4 Å². The van der Waals surface area contributed by atoms with Gasteiger partial charge in [0, 0.05) is 6.61 Å². The van der Waals surface area contributed by atoms with Gasteiger partial charge in [0.1, 0.15) is 5.75 Å². The van der Waals surface area contributed by atoms with Gasteiger partial charge < -0.3 is 14.8 Å². The summed E-state index contributed by atoms with van der Waals surface area (Å²) in [6.07, 6.45) is 2.10. The molecule has 94 valence electrons. The molecule has 0 amide bonds. The number of rotatable bonds is 5. The molecule has 1 aliphatic rings. The zero-order valence-corrected chi connectivity index (χ0v) is 10.7. The molecule has 1 unspecified atom stereocenters. The minimum atomic E-state index is 0.418. The van der Waals surface area contributed by atoms with E-state index in [0.717, 1.165) is 44.1 Å². The zero-order valence-electron chi connectivity index (χ0n) is 10.7. The van der Waals surface area contributed by atoms with E-state index in [9.17, 15) is 0 Å². The Balaban J connectivity index is 2.07. The lowest BCUT2D eigenvalue weighted by Gasteiger charge is -2.17. The van der Waals surface area contributed by atoms with Gasteiger partial charge in [-0.15, -0.1) is 0 Å². The van der Waals surface area contributed by atoms with E-state index in [1.807, 2.05) is 0 Å². The van der Waals surface area contributed by atoms with E-state index in [-0.39, 0.29) is 0 Å². The highest BCUT2D eigenvalue weighted by atomic mass is 16.5. The van der Waals surface area contributed by atoms with Crippen molar-refractivity contribution >= 4 is 5.69 Å². The van der Waals surface area contributed by atoms with Gasteiger partial charge in [-0.2, -0.15) is 0 Å². The fraction of sp³-hybridized carbons (Fsp3) is 0.571. The molecule has 1 aromatic rings. The molecule has 0 aromatic heterocycles. The van der Waals surface area contributed by atoms with Crippen molar-refractivity contribution in [2.45, 2.75) is 32.7 Å². The minimum absolute atomic E-state index is 0.418. The molecular weight excluding hydrogens is 214 g/mol. The summed E-state index contributed by atoms with van der Waals surface area (Å²) in [6.45, 7) is 6.62. The van der Waals surface area contributed by atoms with Crippen LogP contribution in [0.25, 0.3) is 0 Å². The number of hydrogen-bond donors (Lipinski definition) is 1. The van der Waals surface area contributed by atoms with Gasteiger partial charge in [-0.3, -0.25) is 0 Å². The highest BCUT2D eigenvalue weighted by molar-refractivity contribution is 5.58. The molecule has 1 heterocycles. The lowest BCUT2D eigenvalue weighted by molar-refractivity contribution is 0.195. The lowest BCUT2D eigenvalue weighted by Crippen LogP contribution is -2.19. The van der Waals surface area contributed by atoms with E-state index in [1.54, 1.807) is 0 Å². The number of anilines is 1. The number of nitrogens with one attached hydrogen (secondary N) is 1. The van der Waals surface area contributed by atoms with Crippen LogP contribution in [0.3, 0.4) is 0 Å². The van der Waals surface area contributed by atoms with Crippen LogP contribution in [0.4, 0.5) is 5.69 Å². The minimum Gasteiger partial charge on any atom is -0.491 e. The fourth-order valence-corrected chi connectivity index (χ4v) is 1.95. The van der Waals surface area contributed by atoms with Crippen molar-refractivity contribution in [1.82, 2.24) is 0 Å². The summed E-state index contributed by atoms with van der Waals surface area (Å²) >= 11 is 0. The van der Waals surface area contributed by atoms with Crippen molar-refractivity contribution in [2.24, 2.45) is 0 Å². The Morgan fingerprint density at radius 3 is 3.06 bits per heavy atom. The van der Waals surface area contributed by atoms with Crippen LogP contribution in [0, 0.1) is 6.92 Å². The first-order valence-electron chi connectivity index (χ1n) is 6.37. The molecule has 0 radical (unpaired) electrons. The van der Waals surface area contributed by atoms with E-state index < -0.39 is 0 Å². The standard InChI is InChI=1S/C14H21NO2/c1-3-7-17-14-9-11(2)4-5-13(14)15-12-6-8-16-10-12/h4-5,9,12,15H,3,6-8,10H2,1-2H3. The van der Waals surface area contributed by atoms with E-state index in [4.69, 9.17) is 9.47 Å². The molecule has 1 fully saturated rings. The Morgan fingerprint density at radius 2 is 2.35 bits per heavy atom. The molecule has 0 saturated carbocycles. The van der Waals surface area contributed by atoms with E-state index in [1.165, 1.54) is 5.56 Å². The topological polar surface area (TPSA) is 30.5 Å². The predicted octanol–water partition coefficient (Wildman–Crippen LogP) is 2.98. The Labute approximate surface area is 103 Å². The summed E-state index contributed by atoms with van der Waals surface area (Å²) in [5.41, 5.74) is 2.31. The molecule has 3 heteroatoms. The maximum atomic E-state index is 5.77. The molecule has 1 saturated heterocycles. The van der Waals surface area contributed by atoms with Gasteiger partial charge in [0.25, 0.3) is 0 Å². The van der Waals surface area contributed by atoms with Crippen molar-refractivity contribution < 1.29 is 9.47 Å². The first-order valence-corrected chi connectivity index (χ1v) is 6.37. The molecule has 1 atom stereocenters. The van der Waals surface area contributed by atoms with Gasteiger partial charge in [-0.25, -0.2) is 0 Å². The highest BCUT2D eigenvalue weighted by Gasteiger charge is 2.16. The molecule has 2 rings (SSSR count). The first-order chi connectivity index (χ1) is 8.29. The zero-order chi connectivity index (χ0) is 12.1. The van der Waals surface area contributed by atoms with Crippen LogP contribution in [0.15, 0.2) is 18.2 Å². The number of aryl methyl sites for hydroxylation is 1. The summed E-state index contributed by atoms with van der Waals surface area (Å²) in [7, 11) is 0. The van der Waals surface area contributed by atoms with E-state index >= 15 is 0 Å². The van der Waals surface area contributed by atoms with Gasteiger partial charge in [-0.1, -0.05) is 13.0 Å². The summed E-state index contributed by atoms with van der Waals surface area (Å²) in [5, 5.41) is 3.50. The average Bonchev–Trinajstić information content (AvgIpc) is 2.82. The molecule has 1 aromatic carbocycles. The second kappa shape index (κ2) is 5.92. The van der Waals surface area contributed by atoms with Crippen LogP contribution in [-0.2, 0) is 4.74 Å². The van der Waals surface area contributed by atoms with Gasteiger partial charge in [0.05, 0.1) is 24.9 Å². The molecule has 3 nitrogen and oxygen atoms in total. The highest BCUT2D eigenvalue weighted by Crippen LogP contribution is 2.27. The average molecular weight is 235 g/mol. The van der Waals surface area contributed by atoms with E-state index in [0.29, 0.717) is 6.04 Å². The molecule has 0 spiro atoms. The van der Waals surface area contributed by atoms with Crippen LogP contribution in [-0.4, -0.2) is 25.9 Å². The van der Waals surface area contributed by atoms with Crippen molar-refractivity contribution in [3.63, 3.8) is 0 Å². The van der Waals surface area contributed by atoms with Crippen molar-refractivity contribution in [2.75, 3.05) is 25.1 Å². The van der Waals surface area contributed by atoms with Crippen LogP contribution >= 0.6 is 0 Å². The fourth-order valence-electron chi connectivity index (χ4n) is 1.95. The Morgan fingerprint density at radius 1 is 1.47 bits per heavy atom. The third-order valence-corrected chi connectivity index (χ3v) is 2.89. The summed E-state index contributed by atoms with van der Waals surface area (Å²) < 4.78 is 11.1. The summed E-state index contributed by atoms with van der Waals surface area (Å²) in [4.78, 5) is 0. The van der Waals surface area contributed by atoms with Crippen LogP contribution in [0.2, 0.25) is 0 Å². The molecule has 1 aliphatic heterocycles. The molecule has 17 heavy (non-hydrogen) atoms. The normalized spacial score (nSPS) is 19.3. The predicted molar refractivity (Wildman–Crippen MR) is 69.8 cm³/mol. The Kier molecular flexibility index (Phi) is 4.26. The maximum absolute atomic E-state index is 5.77. The van der Waals surface area contributed by atoms with Gasteiger partial charge in [-0.05, 0) is 37.5 Å². The smallest absolute Gasteiger partial charge is 0.142 e. The number of hydrogen-bond acceptors (Lipinski definition) is 3. The molecular formula is C14H21NO2. The van der Waals surface area contributed by atoms with Crippen molar-refractivity contribution in [1.29, 1.82) is 0 Å². The van der Waals surface area contributed by atoms with Gasteiger partial charge >= 0.3 is 0 Å². The largest absolute Gasteiger partial charge is 0.491 e. The number of ether oxygens (including phenoxy) is 2. The van der Waals surface area contributed by atoms with Crippen LogP contribution in [0.1, 0.15) is 25.3 Å². The maximum Gasteiger partial charge on any atom is 0.142 e. The monoisotopic (exact) mass is 235 g/mol. The molecule has 0 aliphatic carbocycles. The molecule has 1 N–H and O–H groups in total.